The van der Waals surface area contributed by atoms with Crippen molar-refractivity contribution in [3.8, 4) is 11.5 Å². The van der Waals surface area contributed by atoms with Gasteiger partial charge in [0, 0.05) is 74.0 Å². The van der Waals surface area contributed by atoms with Gasteiger partial charge >= 0.3 is 0 Å². The van der Waals surface area contributed by atoms with Crippen LogP contribution in [0, 0.1) is 5.41 Å². The number of carbonyl (C=O) groups excluding carboxylic acids is 4. The molecule has 3 fully saturated rings. The van der Waals surface area contributed by atoms with Gasteiger partial charge in [0.1, 0.15) is 17.5 Å². The van der Waals surface area contributed by atoms with Gasteiger partial charge in [0.15, 0.2) is 0 Å². The molecule has 11 heteroatoms. The van der Waals surface area contributed by atoms with Crippen LogP contribution in [0.3, 0.4) is 0 Å². The lowest BCUT2D eigenvalue weighted by molar-refractivity contribution is -0.137. The van der Waals surface area contributed by atoms with Gasteiger partial charge in [-0.2, -0.15) is 0 Å². The zero-order chi connectivity index (χ0) is 41.1. The van der Waals surface area contributed by atoms with Crippen molar-refractivity contribution in [1.29, 1.82) is 0 Å². The number of carbonyl (C=O) groups is 4. The van der Waals surface area contributed by atoms with E-state index in [0.29, 0.717) is 49.0 Å². The summed E-state index contributed by atoms with van der Waals surface area (Å²) in [6.07, 6.45) is 6.83. The van der Waals surface area contributed by atoms with Gasteiger partial charge in [-0.1, -0.05) is 48.5 Å². The number of rotatable bonds is 7. The number of imide groups is 1. The number of methoxy groups -OCH3 is 1. The zero-order valence-corrected chi connectivity index (χ0v) is 34.3. The zero-order valence-electron chi connectivity index (χ0n) is 34.3. The maximum atomic E-state index is 13.7. The van der Waals surface area contributed by atoms with Gasteiger partial charge in [-0.05, 0) is 114 Å². The third-order valence-corrected chi connectivity index (χ3v) is 14.8. The molecule has 60 heavy (non-hydrogen) atoms. The van der Waals surface area contributed by atoms with Crippen LogP contribution >= 0.6 is 0 Å². The van der Waals surface area contributed by atoms with Crippen LogP contribution in [0.15, 0.2) is 78.9 Å². The normalized spacial score (nSPS) is 23.6. The lowest BCUT2D eigenvalue weighted by Crippen LogP contribution is -2.52. The fraction of sp³-hybridized carbons (Fsp3) is 0.429. The molecular weight excluding hydrogens is 755 g/mol. The van der Waals surface area contributed by atoms with E-state index in [2.05, 4.69) is 75.8 Å². The monoisotopic (exact) mass is 807 g/mol. The van der Waals surface area contributed by atoms with E-state index in [-0.39, 0.29) is 42.0 Å². The molecule has 0 bridgehead atoms. The molecule has 5 aliphatic heterocycles. The van der Waals surface area contributed by atoms with Crippen LogP contribution in [-0.4, -0.2) is 89.3 Å². The van der Waals surface area contributed by atoms with Crippen molar-refractivity contribution in [3.05, 3.63) is 123 Å². The first kappa shape index (κ1) is 38.5. The molecule has 1 unspecified atom stereocenters. The largest absolute Gasteiger partial charge is 0.508 e. The number of ether oxygens (including phenoxy) is 1. The van der Waals surface area contributed by atoms with Crippen LogP contribution in [0.5, 0.6) is 11.5 Å². The first-order valence-corrected chi connectivity index (χ1v) is 21.7. The number of nitrogens with one attached hydrogen (secondary N) is 1. The number of anilines is 1. The fourth-order valence-electron chi connectivity index (χ4n) is 11.4. The number of phenols is 1. The summed E-state index contributed by atoms with van der Waals surface area (Å²) >= 11 is 0. The van der Waals surface area contributed by atoms with Crippen molar-refractivity contribution in [2.45, 2.75) is 88.9 Å². The maximum Gasteiger partial charge on any atom is 0.255 e. The molecule has 0 aromatic heterocycles. The van der Waals surface area contributed by atoms with Crippen molar-refractivity contribution in [1.82, 2.24) is 20.0 Å². The molecule has 6 aliphatic rings. The maximum absolute atomic E-state index is 13.7. The minimum atomic E-state index is -0.678. The summed E-state index contributed by atoms with van der Waals surface area (Å²) in [5.41, 5.74) is 10.1. The molecule has 1 spiro atoms. The van der Waals surface area contributed by atoms with Crippen LogP contribution in [0.2, 0.25) is 0 Å². The van der Waals surface area contributed by atoms with E-state index in [1.165, 1.54) is 27.9 Å². The average molecular weight is 808 g/mol. The molecule has 2 N–H and O–H groups in total. The molecule has 4 aromatic carbocycles. The highest BCUT2D eigenvalue weighted by Gasteiger charge is 2.43. The Morgan fingerprint density at radius 3 is 2.28 bits per heavy atom. The van der Waals surface area contributed by atoms with Crippen LogP contribution < -0.4 is 15.0 Å². The van der Waals surface area contributed by atoms with E-state index in [1.807, 2.05) is 23.1 Å². The Labute approximate surface area is 351 Å². The summed E-state index contributed by atoms with van der Waals surface area (Å²) in [4.78, 5) is 59.9. The number of phenolic OH excluding ortho intramolecular Hbond substituents is 1. The van der Waals surface area contributed by atoms with Crippen molar-refractivity contribution < 1.29 is 29.0 Å². The quantitative estimate of drug-likeness (QED) is 0.211. The van der Waals surface area contributed by atoms with Crippen LogP contribution in [0.1, 0.15) is 106 Å². The second-order valence-electron chi connectivity index (χ2n) is 18.0. The number of hydrogen-bond acceptors (Lipinski definition) is 8. The Hall–Kier alpha value is -5.68. The van der Waals surface area contributed by atoms with Gasteiger partial charge in [0.05, 0.1) is 20.2 Å². The third kappa shape index (κ3) is 6.90. The van der Waals surface area contributed by atoms with Crippen LogP contribution in [0.25, 0.3) is 0 Å². The summed E-state index contributed by atoms with van der Waals surface area (Å²) in [5, 5.41) is 12.6. The Morgan fingerprint density at radius 2 is 1.55 bits per heavy atom. The van der Waals surface area contributed by atoms with Gasteiger partial charge in [-0.15, -0.1) is 0 Å². The molecule has 3 saturated heterocycles. The first-order valence-electron chi connectivity index (χ1n) is 21.7. The van der Waals surface area contributed by atoms with Gasteiger partial charge in [0.25, 0.3) is 5.91 Å². The molecule has 0 saturated carbocycles. The number of aryl methyl sites for hydroxylation is 1. The van der Waals surface area contributed by atoms with Gasteiger partial charge in [-0.3, -0.25) is 29.4 Å². The van der Waals surface area contributed by atoms with Crippen LogP contribution in [0.4, 0.5) is 5.69 Å². The van der Waals surface area contributed by atoms with E-state index >= 15 is 0 Å². The number of aromatic hydroxyl groups is 1. The highest BCUT2D eigenvalue weighted by Crippen LogP contribution is 2.48. The molecular formula is C49H53N5O6. The lowest BCUT2D eigenvalue weighted by Gasteiger charge is -2.47. The van der Waals surface area contributed by atoms with Gasteiger partial charge in [-0.25, -0.2) is 0 Å². The third-order valence-electron chi connectivity index (χ3n) is 14.8. The van der Waals surface area contributed by atoms with Gasteiger partial charge < -0.3 is 24.5 Å². The lowest BCUT2D eigenvalue weighted by atomic mass is 9.69. The van der Waals surface area contributed by atoms with Crippen molar-refractivity contribution in [2.24, 2.45) is 5.41 Å². The Bertz CT molecular complexity index is 2350. The smallest absolute Gasteiger partial charge is 0.255 e. The Kier molecular flexibility index (Phi) is 9.89. The van der Waals surface area contributed by atoms with Crippen molar-refractivity contribution in [2.75, 3.05) is 44.7 Å². The number of fused-ring (bicyclic) bond motifs is 3. The standard InChI is InChI=1S/C49H53N5O6/c1-60-46-40-28-51(27-34(40)26-39-41(46)29-54(48(39)59)42-15-16-43(56)50-47(42)58)30-44(57)53-23-19-49(20-24-53)17-21-52(22-18-49)35-10-7-32(8-11-35)45-37(31-5-3-2-4-6-31)13-9-33-25-36(55)12-14-38(33)45/h2-8,10-12,14,25-26,37,42,45,55H,9,13,15-24,27-30H2,1H3,(H,50,56,58)/t37-,42?,45+/m1/s1. The molecule has 10 rings (SSSR count). The number of hydrogen-bond donors (Lipinski definition) is 2. The van der Waals surface area contributed by atoms with E-state index in [4.69, 9.17) is 4.74 Å². The predicted octanol–water partition coefficient (Wildman–Crippen LogP) is 6.25. The summed E-state index contributed by atoms with van der Waals surface area (Å²) in [7, 11) is 1.61. The van der Waals surface area contributed by atoms with Gasteiger partial charge in [0.2, 0.25) is 17.7 Å². The average Bonchev–Trinajstić information content (AvgIpc) is 3.82. The highest BCUT2D eigenvalue weighted by molar-refractivity contribution is 6.06. The first-order chi connectivity index (χ1) is 29.2. The second-order valence-corrected chi connectivity index (χ2v) is 18.0. The number of nitrogens with zero attached hydrogens (tertiary/aromatic N) is 4. The molecule has 4 aromatic rings. The second kappa shape index (κ2) is 15.4. The number of benzene rings is 4. The van der Waals surface area contributed by atoms with Crippen molar-refractivity contribution in [3.63, 3.8) is 0 Å². The molecule has 4 amide bonds. The topological polar surface area (TPSA) is 123 Å². The van der Waals surface area contributed by atoms with E-state index in [1.54, 1.807) is 12.0 Å². The Morgan fingerprint density at radius 1 is 0.800 bits per heavy atom. The summed E-state index contributed by atoms with van der Waals surface area (Å²) in [6.45, 7) is 5.26. The molecule has 11 nitrogen and oxygen atoms in total. The van der Waals surface area contributed by atoms with E-state index in [9.17, 15) is 24.3 Å². The molecule has 3 atom stereocenters. The predicted molar refractivity (Wildman–Crippen MR) is 227 cm³/mol. The van der Waals surface area contributed by atoms with E-state index in [0.717, 1.165) is 81.4 Å². The fourth-order valence-corrected chi connectivity index (χ4v) is 11.4. The molecule has 0 radical (unpaired) electrons. The Balaban J connectivity index is 0.739. The summed E-state index contributed by atoms with van der Waals surface area (Å²) in [6, 6.07) is 27.3. The SMILES string of the molecule is COc1c2c(cc3c1CN(C1CCC(=O)NC1=O)C3=O)CN(CC(=O)N1CCC3(CC1)CCN(c1ccc([C@@H]4c5ccc(O)cc5CC[C@@H]4c4ccccc4)cc1)CC3)C2. The van der Waals surface area contributed by atoms with Crippen molar-refractivity contribution >= 4 is 29.3 Å². The molecule has 5 heterocycles. The minimum absolute atomic E-state index is 0.147. The van der Waals surface area contributed by atoms with E-state index < -0.39 is 11.9 Å². The molecule has 310 valence electrons. The number of piperidine rings is 3. The number of likely N-dealkylation sites (tertiary alicyclic amines) is 1. The summed E-state index contributed by atoms with van der Waals surface area (Å²) in [5.74, 6) is 0.807. The highest BCUT2D eigenvalue weighted by atomic mass is 16.5. The van der Waals surface area contributed by atoms with Crippen LogP contribution in [-0.2, 0) is 40.4 Å². The number of amides is 4. The minimum Gasteiger partial charge on any atom is -0.508 e. The summed E-state index contributed by atoms with van der Waals surface area (Å²) < 4.78 is 5.90. The molecule has 1 aliphatic carbocycles.